The second kappa shape index (κ2) is 5.15. The lowest BCUT2D eigenvalue weighted by atomic mass is 9.91. The molecule has 1 aromatic carbocycles. The molecule has 2 aromatic rings. The molecule has 0 amide bonds. The van der Waals surface area contributed by atoms with Gasteiger partial charge in [0, 0.05) is 29.8 Å². The zero-order valence-electron chi connectivity index (χ0n) is 11.8. The fraction of sp³-hybridized carbons (Fsp3) is 0.278. The van der Waals surface area contributed by atoms with E-state index in [1.807, 2.05) is 11.4 Å². The van der Waals surface area contributed by atoms with Crippen molar-refractivity contribution in [3.8, 4) is 0 Å². The summed E-state index contributed by atoms with van der Waals surface area (Å²) in [7, 11) is 0. The number of rotatable bonds is 0. The van der Waals surface area contributed by atoms with Crippen molar-refractivity contribution in [2.45, 2.75) is 25.7 Å². The smallest absolute Gasteiger partial charge is 0.177 e. The predicted molar refractivity (Wildman–Crippen MR) is 86.7 cm³/mol. The Labute approximate surface area is 128 Å². The largest absolute Gasteiger partial charge is 0.388 e. The number of benzene rings is 1. The lowest BCUT2D eigenvalue weighted by molar-refractivity contribution is 0.0997. The molecule has 3 heteroatoms. The molecule has 0 spiro atoms. The van der Waals surface area contributed by atoms with Crippen molar-refractivity contribution in [2.75, 3.05) is 6.54 Å². The minimum absolute atomic E-state index is 0.249. The fourth-order valence-electron chi connectivity index (χ4n) is 3.33. The third-order valence-electron chi connectivity index (χ3n) is 4.32. The van der Waals surface area contributed by atoms with Crippen LogP contribution in [0, 0.1) is 0 Å². The number of nitrogens with one attached hydrogen (secondary N) is 1. The van der Waals surface area contributed by atoms with Gasteiger partial charge in [-0.15, -0.1) is 11.3 Å². The van der Waals surface area contributed by atoms with E-state index < -0.39 is 0 Å². The van der Waals surface area contributed by atoms with Crippen LogP contribution in [0.1, 0.15) is 45.6 Å². The fourth-order valence-corrected chi connectivity index (χ4v) is 4.17. The summed E-state index contributed by atoms with van der Waals surface area (Å²) in [4.78, 5) is 13.4. The average molecular weight is 295 g/mol. The maximum Gasteiger partial charge on any atom is 0.177 e. The summed E-state index contributed by atoms with van der Waals surface area (Å²) in [5.41, 5.74) is 6.07. The summed E-state index contributed by atoms with van der Waals surface area (Å²) in [6.07, 6.45) is 4.04. The number of allylic oxidation sites excluding steroid dienone is 1. The van der Waals surface area contributed by atoms with Crippen molar-refractivity contribution in [3.63, 3.8) is 0 Å². The highest BCUT2D eigenvalue weighted by molar-refractivity contribution is 7.12. The standard InChI is InChI=1S/C18H17NOS/c20-16-11-12-5-1-2-6-13(12)17(14-8-10-21-18(14)16)15-7-3-4-9-19-15/h1-2,5-6,8,10,19H,3-4,7,9,11H2. The number of carbonyl (C=O) groups is 1. The third-order valence-corrected chi connectivity index (χ3v) is 5.27. The van der Waals surface area contributed by atoms with Gasteiger partial charge in [0.25, 0.3) is 0 Å². The first-order valence-electron chi connectivity index (χ1n) is 7.51. The molecule has 1 saturated heterocycles. The van der Waals surface area contributed by atoms with Gasteiger partial charge in [0.05, 0.1) is 4.88 Å². The van der Waals surface area contributed by atoms with Crippen molar-refractivity contribution in [1.29, 1.82) is 0 Å². The normalized spacial score (nSPS) is 21.2. The molecule has 2 aliphatic rings. The van der Waals surface area contributed by atoms with Gasteiger partial charge in [-0.2, -0.15) is 0 Å². The molecule has 1 N–H and O–H groups in total. The van der Waals surface area contributed by atoms with Crippen LogP contribution >= 0.6 is 11.3 Å². The summed E-state index contributed by atoms with van der Waals surface area (Å²) < 4.78 is 0. The molecule has 1 fully saturated rings. The molecule has 0 radical (unpaired) electrons. The average Bonchev–Trinajstić information content (AvgIpc) is 2.96. The van der Waals surface area contributed by atoms with Gasteiger partial charge < -0.3 is 5.32 Å². The number of fused-ring (bicyclic) bond motifs is 2. The number of carbonyl (C=O) groups excluding carboxylic acids is 1. The van der Waals surface area contributed by atoms with Gasteiger partial charge >= 0.3 is 0 Å². The van der Waals surface area contributed by atoms with Crippen molar-refractivity contribution in [2.24, 2.45) is 0 Å². The molecule has 2 heterocycles. The highest BCUT2D eigenvalue weighted by atomic mass is 32.1. The first-order valence-corrected chi connectivity index (χ1v) is 8.39. The molecule has 0 bridgehead atoms. The van der Waals surface area contributed by atoms with Gasteiger partial charge in [-0.1, -0.05) is 24.3 Å². The summed E-state index contributed by atoms with van der Waals surface area (Å²) >= 11 is 1.57. The summed E-state index contributed by atoms with van der Waals surface area (Å²) in [6.45, 7) is 1.04. The highest BCUT2D eigenvalue weighted by Crippen LogP contribution is 2.38. The van der Waals surface area contributed by atoms with Crippen LogP contribution < -0.4 is 5.32 Å². The van der Waals surface area contributed by atoms with Crippen molar-refractivity contribution in [3.05, 3.63) is 63.0 Å². The van der Waals surface area contributed by atoms with E-state index in [0.717, 1.165) is 29.0 Å². The summed E-state index contributed by atoms with van der Waals surface area (Å²) in [5.74, 6) is 0.249. The first-order chi connectivity index (χ1) is 10.3. The Kier molecular flexibility index (Phi) is 3.15. The Morgan fingerprint density at radius 1 is 1.05 bits per heavy atom. The van der Waals surface area contributed by atoms with E-state index in [1.165, 1.54) is 29.7 Å². The Morgan fingerprint density at radius 2 is 1.95 bits per heavy atom. The molecule has 4 rings (SSSR count). The van der Waals surface area contributed by atoms with Crippen molar-refractivity contribution in [1.82, 2.24) is 5.32 Å². The predicted octanol–water partition coefficient (Wildman–Crippen LogP) is 4.02. The molecule has 0 saturated carbocycles. The Bertz CT molecular complexity index is 733. The van der Waals surface area contributed by atoms with E-state index in [9.17, 15) is 4.79 Å². The van der Waals surface area contributed by atoms with Gasteiger partial charge in [-0.05, 0) is 41.8 Å². The van der Waals surface area contributed by atoms with Crippen LogP contribution in [0.25, 0.3) is 5.57 Å². The van der Waals surface area contributed by atoms with Crippen LogP contribution in [0.3, 0.4) is 0 Å². The second-order valence-corrected chi connectivity index (χ2v) is 6.57. The third kappa shape index (κ3) is 2.12. The Balaban J connectivity index is 2.01. The summed E-state index contributed by atoms with van der Waals surface area (Å²) in [6, 6.07) is 10.5. The van der Waals surface area contributed by atoms with Gasteiger partial charge in [0.2, 0.25) is 0 Å². The summed E-state index contributed by atoms with van der Waals surface area (Å²) in [5, 5.41) is 5.62. The van der Waals surface area contributed by atoms with Crippen LogP contribution in [-0.4, -0.2) is 12.3 Å². The van der Waals surface area contributed by atoms with Gasteiger partial charge in [-0.25, -0.2) is 0 Å². The molecular weight excluding hydrogens is 278 g/mol. The lowest BCUT2D eigenvalue weighted by Crippen LogP contribution is -2.21. The van der Waals surface area contributed by atoms with Crippen LogP contribution in [0.5, 0.6) is 0 Å². The van der Waals surface area contributed by atoms with Gasteiger partial charge in [0.1, 0.15) is 0 Å². The maximum absolute atomic E-state index is 12.5. The topological polar surface area (TPSA) is 29.1 Å². The number of hydrogen-bond acceptors (Lipinski definition) is 3. The minimum Gasteiger partial charge on any atom is -0.388 e. The molecule has 21 heavy (non-hydrogen) atoms. The number of hydrogen-bond donors (Lipinski definition) is 1. The first kappa shape index (κ1) is 12.8. The van der Waals surface area contributed by atoms with Gasteiger partial charge in [-0.3, -0.25) is 4.79 Å². The van der Waals surface area contributed by atoms with E-state index in [4.69, 9.17) is 0 Å². The van der Waals surface area contributed by atoms with Crippen LogP contribution in [0.15, 0.2) is 41.4 Å². The van der Waals surface area contributed by atoms with E-state index in [0.29, 0.717) is 6.42 Å². The van der Waals surface area contributed by atoms with E-state index >= 15 is 0 Å². The molecular formula is C18H17NOS. The lowest BCUT2D eigenvalue weighted by Gasteiger charge is -2.22. The van der Waals surface area contributed by atoms with Crippen LogP contribution in [-0.2, 0) is 6.42 Å². The minimum atomic E-state index is 0.249. The zero-order valence-corrected chi connectivity index (χ0v) is 12.6. The quantitative estimate of drug-likeness (QED) is 0.795. The van der Waals surface area contributed by atoms with Gasteiger partial charge in [0.15, 0.2) is 5.78 Å². The number of Topliss-reactive ketones (excluding diaryl/α,β-unsaturated/α-hetero) is 1. The Hall–Kier alpha value is -1.87. The molecule has 2 nitrogen and oxygen atoms in total. The maximum atomic E-state index is 12.5. The number of ketones is 1. The van der Waals surface area contributed by atoms with E-state index in [1.54, 1.807) is 11.3 Å². The number of piperidine rings is 1. The molecule has 1 aliphatic carbocycles. The molecule has 106 valence electrons. The monoisotopic (exact) mass is 295 g/mol. The van der Waals surface area contributed by atoms with E-state index in [-0.39, 0.29) is 5.78 Å². The molecule has 0 unspecified atom stereocenters. The highest BCUT2D eigenvalue weighted by Gasteiger charge is 2.26. The molecule has 0 atom stereocenters. The molecule has 1 aliphatic heterocycles. The SMILES string of the molecule is O=C1Cc2ccccc2C(=C2CCCCN2)c2ccsc21. The molecule has 1 aromatic heterocycles. The van der Waals surface area contributed by atoms with Crippen LogP contribution in [0.4, 0.5) is 0 Å². The Morgan fingerprint density at radius 3 is 2.81 bits per heavy atom. The van der Waals surface area contributed by atoms with E-state index in [2.05, 4.69) is 29.6 Å². The second-order valence-electron chi connectivity index (χ2n) is 5.66. The van der Waals surface area contributed by atoms with Crippen LogP contribution in [0.2, 0.25) is 0 Å². The zero-order chi connectivity index (χ0) is 14.2. The van der Waals surface area contributed by atoms with Crippen molar-refractivity contribution >= 4 is 22.7 Å². The van der Waals surface area contributed by atoms with Crippen molar-refractivity contribution < 1.29 is 4.79 Å². The number of thiophene rings is 1.